The van der Waals surface area contributed by atoms with Crippen LogP contribution in [0.25, 0.3) is 0 Å². The lowest BCUT2D eigenvalue weighted by Gasteiger charge is -2.07. The number of hydrogen-bond acceptors (Lipinski definition) is 6. The molecule has 106 valence electrons. The number of thiophene rings is 1. The van der Waals surface area contributed by atoms with Gasteiger partial charge in [-0.05, 0) is 23.6 Å². The van der Waals surface area contributed by atoms with Crippen LogP contribution in [-0.4, -0.2) is 13.3 Å². The van der Waals surface area contributed by atoms with Crippen molar-refractivity contribution in [1.82, 2.24) is 4.72 Å². The topological polar surface area (TPSA) is 115 Å². The number of nitro groups is 1. The second-order valence-electron chi connectivity index (χ2n) is 3.89. The number of anilines is 1. The minimum Gasteiger partial charge on any atom is -0.399 e. The molecular weight excluding hydrogens is 302 g/mol. The summed E-state index contributed by atoms with van der Waals surface area (Å²) in [6.45, 7) is 0.0849. The number of hydrogen-bond donors (Lipinski definition) is 2. The molecule has 0 aliphatic rings. The van der Waals surface area contributed by atoms with E-state index in [0.29, 0.717) is 0 Å². The van der Waals surface area contributed by atoms with E-state index in [1.54, 1.807) is 12.1 Å². The number of sulfonamides is 1. The first-order valence-corrected chi connectivity index (χ1v) is 7.82. The van der Waals surface area contributed by atoms with E-state index in [-0.39, 0.29) is 12.2 Å². The molecule has 0 aliphatic heterocycles. The van der Waals surface area contributed by atoms with E-state index in [0.717, 1.165) is 17.0 Å². The van der Waals surface area contributed by atoms with Crippen LogP contribution in [0.2, 0.25) is 0 Å². The normalized spacial score (nSPS) is 11.4. The highest BCUT2D eigenvalue weighted by molar-refractivity contribution is 7.89. The third-order valence-electron chi connectivity index (χ3n) is 2.49. The standard InChI is InChI=1S/C11H11N3O4S2/c12-8-3-4-11(10(6-8)14(15)16)20(17,18)13-7-9-2-1-5-19-9/h1-6,13H,7,12H2. The smallest absolute Gasteiger partial charge is 0.291 e. The monoisotopic (exact) mass is 313 g/mol. The zero-order valence-electron chi connectivity index (χ0n) is 10.1. The quantitative estimate of drug-likeness (QED) is 0.495. The molecule has 0 spiro atoms. The molecule has 0 atom stereocenters. The van der Waals surface area contributed by atoms with E-state index in [2.05, 4.69) is 4.72 Å². The molecule has 7 nitrogen and oxygen atoms in total. The summed E-state index contributed by atoms with van der Waals surface area (Å²) in [6, 6.07) is 7.03. The van der Waals surface area contributed by atoms with Crippen LogP contribution in [0.15, 0.2) is 40.6 Å². The third kappa shape index (κ3) is 3.13. The van der Waals surface area contributed by atoms with Crippen molar-refractivity contribution in [2.45, 2.75) is 11.4 Å². The van der Waals surface area contributed by atoms with E-state index >= 15 is 0 Å². The van der Waals surface area contributed by atoms with Crippen LogP contribution in [-0.2, 0) is 16.6 Å². The summed E-state index contributed by atoms with van der Waals surface area (Å²) in [7, 11) is -3.97. The summed E-state index contributed by atoms with van der Waals surface area (Å²) in [4.78, 5) is 10.6. The van der Waals surface area contributed by atoms with E-state index in [1.807, 2.05) is 5.38 Å². The lowest BCUT2D eigenvalue weighted by molar-refractivity contribution is -0.387. The lowest BCUT2D eigenvalue weighted by atomic mass is 10.3. The van der Waals surface area contributed by atoms with Gasteiger partial charge in [0, 0.05) is 23.2 Å². The van der Waals surface area contributed by atoms with Crippen molar-refractivity contribution >= 4 is 32.7 Å². The Labute approximate surface area is 119 Å². The van der Waals surface area contributed by atoms with Crippen molar-refractivity contribution in [2.24, 2.45) is 0 Å². The van der Waals surface area contributed by atoms with Gasteiger partial charge < -0.3 is 5.73 Å². The predicted octanol–water partition coefficient (Wildman–Crippen LogP) is 1.72. The van der Waals surface area contributed by atoms with Gasteiger partial charge in [-0.1, -0.05) is 6.07 Å². The molecule has 2 rings (SSSR count). The Morgan fingerprint density at radius 3 is 2.70 bits per heavy atom. The summed E-state index contributed by atoms with van der Waals surface area (Å²) < 4.78 is 26.6. The fourth-order valence-corrected chi connectivity index (χ4v) is 3.45. The van der Waals surface area contributed by atoms with Gasteiger partial charge >= 0.3 is 0 Å². The maximum atomic E-state index is 12.1. The molecule has 0 unspecified atom stereocenters. The first-order valence-electron chi connectivity index (χ1n) is 5.46. The average Bonchev–Trinajstić information content (AvgIpc) is 2.89. The Bertz CT molecular complexity index is 726. The molecule has 20 heavy (non-hydrogen) atoms. The summed E-state index contributed by atoms with van der Waals surface area (Å²) in [5, 5.41) is 12.7. The second-order valence-corrected chi connectivity index (χ2v) is 6.66. The molecule has 0 saturated heterocycles. The molecule has 0 bridgehead atoms. The van der Waals surface area contributed by atoms with E-state index < -0.39 is 25.5 Å². The molecule has 1 aromatic heterocycles. The van der Waals surface area contributed by atoms with Crippen molar-refractivity contribution < 1.29 is 13.3 Å². The van der Waals surface area contributed by atoms with Crippen molar-refractivity contribution in [3.63, 3.8) is 0 Å². The SMILES string of the molecule is Nc1ccc(S(=O)(=O)NCc2cccs2)c([N+](=O)[O-])c1. The van der Waals surface area contributed by atoms with Gasteiger partial charge in [-0.3, -0.25) is 10.1 Å². The third-order valence-corrected chi connectivity index (χ3v) is 4.81. The first-order chi connectivity index (χ1) is 9.40. The van der Waals surface area contributed by atoms with E-state index in [9.17, 15) is 18.5 Å². The molecule has 0 fully saturated rings. The van der Waals surface area contributed by atoms with Gasteiger partial charge in [0.2, 0.25) is 10.0 Å². The zero-order chi connectivity index (χ0) is 14.8. The fourth-order valence-electron chi connectivity index (χ4n) is 1.56. The number of nitro benzene ring substituents is 1. The number of rotatable bonds is 5. The molecule has 1 heterocycles. The number of nitrogens with two attached hydrogens (primary N) is 1. The van der Waals surface area contributed by atoms with Crippen LogP contribution < -0.4 is 10.5 Å². The van der Waals surface area contributed by atoms with Crippen LogP contribution in [0.5, 0.6) is 0 Å². The second kappa shape index (κ2) is 5.57. The van der Waals surface area contributed by atoms with Gasteiger partial charge in [0.15, 0.2) is 4.90 Å². The van der Waals surface area contributed by atoms with Gasteiger partial charge in [-0.25, -0.2) is 13.1 Å². The van der Waals surface area contributed by atoms with E-state index in [4.69, 9.17) is 5.73 Å². The molecular formula is C11H11N3O4S2. The maximum absolute atomic E-state index is 12.1. The van der Waals surface area contributed by atoms with Gasteiger partial charge in [-0.2, -0.15) is 0 Å². The van der Waals surface area contributed by atoms with Crippen LogP contribution in [0.3, 0.4) is 0 Å². The van der Waals surface area contributed by atoms with Crippen LogP contribution in [0.4, 0.5) is 11.4 Å². The molecule has 0 saturated carbocycles. The Morgan fingerprint density at radius 1 is 1.35 bits per heavy atom. The average molecular weight is 313 g/mol. The molecule has 3 N–H and O–H groups in total. The lowest BCUT2D eigenvalue weighted by Crippen LogP contribution is -2.23. The van der Waals surface area contributed by atoms with Crippen molar-refractivity contribution in [3.05, 3.63) is 50.7 Å². The van der Waals surface area contributed by atoms with E-state index in [1.165, 1.54) is 17.4 Å². The number of nitrogen functional groups attached to an aromatic ring is 1. The summed E-state index contributed by atoms with van der Waals surface area (Å²) >= 11 is 1.39. The van der Waals surface area contributed by atoms with Gasteiger partial charge in [0.1, 0.15) is 0 Å². The number of nitrogens with one attached hydrogen (secondary N) is 1. The van der Waals surface area contributed by atoms with Crippen molar-refractivity contribution in [2.75, 3.05) is 5.73 Å². The fraction of sp³-hybridized carbons (Fsp3) is 0.0909. The Kier molecular flexibility index (Phi) is 4.02. The summed E-state index contributed by atoms with van der Waals surface area (Å²) in [5.41, 5.74) is 5.04. The Morgan fingerprint density at radius 2 is 2.10 bits per heavy atom. The van der Waals surface area contributed by atoms with Gasteiger partial charge in [0.05, 0.1) is 4.92 Å². The highest BCUT2D eigenvalue weighted by Gasteiger charge is 2.25. The summed E-state index contributed by atoms with van der Waals surface area (Å²) in [6.07, 6.45) is 0. The largest absolute Gasteiger partial charge is 0.399 e. The molecule has 2 aromatic rings. The number of nitrogens with zero attached hydrogens (tertiary/aromatic N) is 1. The Balaban J connectivity index is 2.31. The number of benzene rings is 1. The molecule has 9 heteroatoms. The zero-order valence-corrected chi connectivity index (χ0v) is 11.8. The molecule has 0 radical (unpaired) electrons. The van der Waals surface area contributed by atoms with Crippen molar-refractivity contribution in [3.8, 4) is 0 Å². The molecule has 1 aromatic carbocycles. The highest BCUT2D eigenvalue weighted by atomic mass is 32.2. The maximum Gasteiger partial charge on any atom is 0.291 e. The molecule has 0 aliphatic carbocycles. The van der Waals surface area contributed by atoms with Gasteiger partial charge in [0.25, 0.3) is 5.69 Å². The first kappa shape index (κ1) is 14.4. The van der Waals surface area contributed by atoms with Crippen LogP contribution in [0.1, 0.15) is 4.88 Å². The Hall–Kier alpha value is -1.97. The highest BCUT2D eigenvalue weighted by Crippen LogP contribution is 2.26. The molecule has 0 amide bonds. The predicted molar refractivity (Wildman–Crippen MR) is 75.9 cm³/mol. The summed E-state index contributed by atoms with van der Waals surface area (Å²) in [5.74, 6) is 0. The minimum atomic E-state index is -3.97. The van der Waals surface area contributed by atoms with Crippen LogP contribution >= 0.6 is 11.3 Å². The minimum absolute atomic E-state index is 0.0849. The van der Waals surface area contributed by atoms with Crippen LogP contribution in [0, 0.1) is 10.1 Å². The van der Waals surface area contributed by atoms with Crippen molar-refractivity contribution in [1.29, 1.82) is 0 Å². The van der Waals surface area contributed by atoms with Gasteiger partial charge in [-0.15, -0.1) is 11.3 Å².